The molecule has 3 aliphatic heterocycles. The van der Waals surface area contributed by atoms with Gasteiger partial charge >= 0.3 is 21.1 Å². The number of aromatic nitrogens is 2. The van der Waals surface area contributed by atoms with E-state index in [4.69, 9.17) is 20.0 Å². The maximum Gasteiger partial charge on any atom is 2.00 e. The summed E-state index contributed by atoms with van der Waals surface area (Å²) in [6.07, 6.45) is 3.65. The Morgan fingerprint density at radius 2 is 0.943 bits per heavy atom. The van der Waals surface area contributed by atoms with Crippen molar-refractivity contribution in [1.29, 1.82) is 0 Å². The van der Waals surface area contributed by atoms with Crippen LogP contribution in [0.25, 0.3) is 32.9 Å². The molecule has 0 atom stereocenters. The molecule has 7 rings (SSSR count). The topological polar surface area (TPSA) is 77.6 Å². The summed E-state index contributed by atoms with van der Waals surface area (Å²) in [4.78, 5) is 29.4. The van der Waals surface area contributed by atoms with Gasteiger partial charge in [0.15, 0.2) is 11.6 Å². The molecule has 8 bridgehead atoms. The van der Waals surface area contributed by atoms with Crippen LogP contribution in [0.3, 0.4) is 0 Å². The zero-order valence-electron chi connectivity index (χ0n) is 19.8. The average Bonchev–Trinajstić information content (AvgIpc) is 3.62. The van der Waals surface area contributed by atoms with Crippen LogP contribution in [0.15, 0.2) is 80.1 Å². The molecule has 2 aromatic heterocycles. The molecule has 0 aliphatic carbocycles. The first-order valence-electron chi connectivity index (χ1n) is 11.5. The number of hydrogen-bond acceptors (Lipinski definition) is 4. The number of hydrogen-bond donors (Lipinski definition) is 0. The third-order valence-corrected chi connectivity index (χ3v) is 7.28. The van der Waals surface area contributed by atoms with Gasteiger partial charge in [0.05, 0.1) is 23.9 Å². The molecule has 0 amide bonds. The molecular weight excluding hydrogens is 615 g/mol. The van der Waals surface area contributed by atoms with Crippen LogP contribution in [0, 0.1) is 0 Å². The first-order valence-corrected chi connectivity index (χ1v) is 11.5. The largest absolute Gasteiger partial charge is 2.00 e. The van der Waals surface area contributed by atoms with Crippen molar-refractivity contribution in [2.45, 2.75) is 38.5 Å². The molecule has 0 radical (unpaired) electrons. The van der Waals surface area contributed by atoms with Crippen molar-refractivity contribution < 1.29 is 21.1 Å². The maximum absolute atomic E-state index is 5.26. The van der Waals surface area contributed by atoms with E-state index in [1.807, 2.05) is 12.4 Å². The van der Waals surface area contributed by atoms with Gasteiger partial charge in [0.25, 0.3) is 0 Å². The molecule has 0 fully saturated rings. The van der Waals surface area contributed by atoms with Crippen molar-refractivity contribution in [2.24, 2.45) is 20.0 Å². The van der Waals surface area contributed by atoms with Crippen molar-refractivity contribution >= 4 is 45.4 Å². The normalized spacial score (nSPS) is 21.1. The Balaban J connectivity index is 0.00000229. The monoisotopic (exact) mass is 637 g/mol. The fourth-order valence-electron chi connectivity index (χ4n) is 5.22. The van der Waals surface area contributed by atoms with Crippen LogP contribution >= 0.6 is 0 Å². The van der Waals surface area contributed by atoms with Gasteiger partial charge < -0.3 is 9.97 Å². The minimum Gasteiger partial charge on any atom is -0.661 e. The van der Waals surface area contributed by atoms with Crippen molar-refractivity contribution in [3.05, 3.63) is 71.6 Å². The van der Waals surface area contributed by atoms with Crippen LogP contribution < -0.4 is 9.97 Å². The SMILES string of the molecule is CC1(C)C2=N/C(=C3/N=CC(=N3)C(C)(C)c3[n-]c(c4ccccc34)-c3[n-]c1c1ccccc31)N=C2.[Pt+2]. The Labute approximate surface area is 217 Å². The summed E-state index contributed by atoms with van der Waals surface area (Å²) in [6, 6.07) is 16.8. The molecule has 5 heterocycles. The molecule has 0 saturated heterocycles. The van der Waals surface area contributed by atoms with Crippen LogP contribution in [-0.2, 0) is 31.9 Å². The molecule has 3 aliphatic rings. The van der Waals surface area contributed by atoms with E-state index >= 15 is 0 Å². The van der Waals surface area contributed by atoms with Crippen molar-refractivity contribution in [2.75, 3.05) is 0 Å². The fraction of sp³-hybridized carbons (Fsp3) is 0.214. The molecule has 0 saturated carbocycles. The first-order chi connectivity index (χ1) is 16.4. The van der Waals surface area contributed by atoms with E-state index in [1.165, 1.54) is 0 Å². The quantitative estimate of drug-likeness (QED) is 0.262. The van der Waals surface area contributed by atoms with Gasteiger partial charge in [-0.15, -0.1) is 22.8 Å². The Hall–Kier alpha value is -3.37. The van der Waals surface area contributed by atoms with Crippen LogP contribution in [-0.4, -0.2) is 23.9 Å². The average molecular weight is 638 g/mol. The van der Waals surface area contributed by atoms with E-state index in [2.05, 4.69) is 86.2 Å². The molecule has 0 unspecified atom stereocenters. The third-order valence-electron chi connectivity index (χ3n) is 7.28. The maximum atomic E-state index is 5.26. The minimum absolute atomic E-state index is 0. The summed E-state index contributed by atoms with van der Waals surface area (Å²) in [7, 11) is 0. The summed E-state index contributed by atoms with van der Waals surface area (Å²) in [5.74, 6) is 1.08. The number of rotatable bonds is 0. The number of aliphatic imine (C=N–C) groups is 4. The van der Waals surface area contributed by atoms with Gasteiger partial charge in [-0.1, -0.05) is 76.2 Å². The van der Waals surface area contributed by atoms with Crippen molar-refractivity contribution in [3.8, 4) is 11.4 Å². The predicted octanol–water partition coefficient (Wildman–Crippen LogP) is 5.32. The molecule has 6 nitrogen and oxygen atoms in total. The van der Waals surface area contributed by atoms with Gasteiger partial charge in [-0.05, 0) is 21.5 Å². The van der Waals surface area contributed by atoms with Crippen LogP contribution in [0.2, 0.25) is 0 Å². The second-order valence-electron chi connectivity index (χ2n) is 10.1. The molecule has 174 valence electrons. The molecule has 4 aromatic rings. The Bertz CT molecular complexity index is 1580. The van der Waals surface area contributed by atoms with Crippen molar-refractivity contribution in [1.82, 2.24) is 9.97 Å². The molecule has 0 N–H and O–H groups in total. The van der Waals surface area contributed by atoms with Crippen LogP contribution in [0.4, 0.5) is 0 Å². The fourth-order valence-corrected chi connectivity index (χ4v) is 5.22. The molecule has 7 heteroatoms. The van der Waals surface area contributed by atoms with E-state index in [9.17, 15) is 0 Å². The van der Waals surface area contributed by atoms with Crippen LogP contribution in [0.1, 0.15) is 39.1 Å². The number of fused-ring (bicyclic) bond motifs is 13. The van der Waals surface area contributed by atoms with Gasteiger partial charge in [0.2, 0.25) is 0 Å². The molecule has 2 aromatic carbocycles. The molecule has 0 spiro atoms. The third kappa shape index (κ3) is 2.93. The smallest absolute Gasteiger partial charge is 0.661 e. The van der Waals surface area contributed by atoms with Gasteiger partial charge in [0, 0.05) is 10.8 Å². The zero-order valence-corrected chi connectivity index (χ0v) is 22.0. The van der Waals surface area contributed by atoms with Gasteiger partial charge in [-0.25, -0.2) is 20.0 Å². The van der Waals surface area contributed by atoms with Gasteiger partial charge in [-0.2, -0.15) is 0 Å². The summed E-state index contributed by atoms with van der Waals surface area (Å²) < 4.78 is 0. The standard InChI is InChI=1S/C28H22N6.Pt/c1-27(2)19-13-29-25(31-19)26-30-14-20(32-26)28(3,4)24-18-12-8-6-10-16(18)22(34-24)21-15-9-5-7-11-17(15)23(27)33-21;/h5-14H,1-4H3;/q-2;+2/b26-25-;. The first kappa shape index (κ1) is 22.1. The molecular formula is C28H22N6Pt. The van der Waals surface area contributed by atoms with E-state index < -0.39 is 10.8 Å². The van der Waals surface area contributed by atoms with Gasteiger partial charge in [0.1, 0.15) is 0 Å². The zero-order chi connectivity index (χ0) is 23.2. The Kier molecular flexibility index (Phi) is 4.62. The van der Waals surface area contributed by atoms with E-state index in [-0.39, 0.29) is 21.1 Å². The van der Waals surface area contributed by atoms with Gasteiger partial charge in [-0.3, -0.25) is 0 Å². The summed E-state index contributed by atoms with van der Waals surface area (Å²) in [6.45, 7) is 8.59. The summed E-state index contributed by atoms with van der Waals surface area (Å²) >= 11 is 0. The number of nitrogens with zero attached hydrogens (tertiary/aromatic N) is 6. The van der Waals surface area contributed by atoms with E-state index in [1.54, 1.807) is 0 Å². The second-order valence-corrected chi connectivity index (χ2v) is 10.1. The number of benzene rings is 2. The summed E-state index contributed by atoms with van der Waals surface area (Å²) in [5, 5.41) is 4.42. The van der Waals surface area contributed by atoms with E-state index in [0.717, 1.165) is 55.7 Å². The Morgan fingerprint density at radius 1 is 0.571 bits per heavy atom. The molecule has 35 heavy (non-hydrogen) atoms. The predicted molar refractivity (Wildman–Crippen MR) is 138 cm³/mol. The van der Waals surface area contributed by atoms with E-state index in [0.29, 0.717) is 11.6 Å². The summed E-state index contributed by atoms with van der Waals surface area (Å²) in [5.41, 5.74) is 4.52. The minimum atomic E-state index is -0.465. The Morgan fingerprint density at radius 3 is 1.34 bits per heavy atom. The second kappa shape index (κ2) is 7.31. The van der Waals surface area contributed by atoms with Crippen LogP contribution in [0.5, 0.6) is 0 Å². The van der Waals surface area contributed by atoms with Crippen molar-refractivity contribution in [3.63, 3.8) is 0 Å².